The van der Waals surface area contributed by atoms with Gasteiger partial charge in [-0.3, -0.25) is 0 Å². The number of fused-ring (bicyclic) bond motifs is 1. The number of nitrogens with one attached hydrogen (secondary N) is 2. The SMILES string of the molecule is CC(NC(=O)N/C=C/C1CC1)c1ccc2c(c1)CCCC2. The summed E-state index contributed by atoms with van der Waals surface area (Å²) in [7, 11) is 0. The van der Waals surface area contributed by atoms with Crippen LogP contribution in [0, 0.1) is 5.92 Å². The quantitative estimate of drug-likeness (QED) is 0.866. The molecule has 0 aliphatic heterocycles. The fraction of sp³-hybridized carbons (Fsp3) is 0.500. The molecule has 1 atom stereocenters. The molecule has 2 amide bonds. The van der Waals surface area contributed by atoms with Gasteiger partial charge >= 0.3 is 6.03 Å². The second kappa shape index (κ2) is 6.33. The van der Waals surface area contributed by atoms with Gasteiger partial charge in [-0.25, -0.2) is 4.79 Å². The number of rotatable bonds is 4. The van der Waals surface area contributed by atoms with Gasteiger partial charge in [0.05, 0.1) is 6.04 Å². The molecule has 2 aliphatic rings. The van der Waals surface area contributed by atoms with Crippen LogP contribution >= 0.6 is 0 Å². The molecular formula is C18H24N2O. The van der Waals surface area contributed by atoms with E-state index in [0.717, 1.165) is 0 Å². The molecule has 0 bridgehead atoms. The van der Waals surface area contributed by atoms with Gasteiger partial charge in [-0.05, 0) is 68.1 Å². The molecule has 3 heteroatoms. The summed E-state index contributed by atoms with van der Waals surface area (Å²) in [5, 5.41) is 5.78. The number of amides is 2. The Morgan fingerprint density at radius 3 is 2.76 bits per heavy atom. The van der Waals surface area contributed by atoms with E-state index in [1.54, 1.807) is 6.20 Å². The third-order valence-corrected chi connectivity index (χ3v) is 4.42. The van der Waals surface area contributed by atoms with Crippen LogP contribution in [0.3, 0.4) is 0 Å². The molecule has 0 saturated heterocycles. The average Bonchev–Trinajstić information content (AvgIpc) is 3.31. The summed E-state index contributed by atoms with van der Waals surface area (Å²) in [6.07, 6.45) is 11.3. The number of allylic oxidation sites excluding steroid dienone is 1. The third kappa shape index (κ3) is 3.87. The van der Waals surface area contributed by atoms with Crippen molar-refractivity contribution in [2.75, 3.05) is 0 Å². The molecule has 3 nitrogen and oxygen atoms in total. The van der Waals surface area contributed by atoms with Crippen LogP contribution in [0.1, 0.15) is 55.3 Å². The van der Waals surface area contributed by atoms with Gasteiger partial charge in [0.2, 0.25) is 0 Å². The molecule has 0 aromatic heterocycles. The molecule has 1 saturated carbocycles. The Labute approximate surface area is 126 Å². The van der Waals surface area contributed by atoms with Crippen LogP contribution in [0.5, 0.6) is 0 Å². The van der Waals surface area contributed by atoms with Crippen LogP contribution in [-0.4, -0.2) is 6.03 Å². The van der Waals surface area contributed by atoms with Crippen LogP contribution < -0.4 is 10.6 Å². The zero-order valence-electron chi connectivity index (χ0n) is 12.7. The van der Waals surface area contributed by atoms with Gasteiger partial charge in [0.25, 0.3) is 0 Å². The van der Waals surface area contributed by atoms with E-state index in [9.17, 15) is 4.79 Å². The van der Waals surface area contributed by atoms with Crippen LogP contribution in [0.15, 0.2) is 30.5 Å². The van der Waals surface area contributed by atoms with Crippen molar-refractivity contribution >= 4 is 6.03 Å². The van der Waals surface area contributed by atoms with Crippen molar-refractivity contribution in [2.24, 2.45) is 5.92 Å². The van der Waals surface area contributed by atoms with E-state index in [1.807, 2.05) is 6.92 Å². The van der Waals surface area contributed by atoms with Gasteiger partial charge in [0.15, 0.2) is 0 Å². The maximum absolute atomic E-state index is 11.8. The largest absolute Gasteiger partial charge is 0.331 e. The second-order valence-electron chi connectivity index (χ2n) is 6.27. The molecule has 1 unspecified atom stereocenters. The highest BCUT2D eigenvalue weighted by atomic mass is 16.2. The Bertz CT molecular complexity index is 546. The van der Waals surface area contributed by atoms with E-state index >= 15 is 0 Å². The van der Waals surface area contributed by atoms with Crippen LogP contribution in [-0.2, 0) is 12.8 Å². The normalized spacial score (nSPS) is 19.1. The van der Waals surface area contributed by atoms with Gasteiger partial charge in [-0.15, -0.1) is 0 Å². The Balaban J connectivity index is 1.56. The van der Waals surface area contributed by atoms with Crippen molar-refractivity contribution in [3.05, 3.63) is 47.2 Å². The molecule has 1 aromatic rings. The summed E-state index contributed by atoms with van der Waals surface area (Å²) in [4.78, 5) is 11.8. The smallest absolute Gasteiger partial charge is 0.319 e. The highest BCUT2D eigenvalue weighted by molar-refractivity contribution is 5.75. The summed E-state index contributed by atoms with van der Waals surface area (Å²) in [6, 6.07) is 6.55. The van der Waals surface area contributed by atoms with E-state index < -0.39 is 0 Å². The molecule has 0 radical (unpaired) electrons. The fourth-order valence-electron chi connectivity index (χ4n) is 2.89. The molecule has 21 heavy (non-hydrogen) atoms. The maximum Gasteiger partial charge on any atom is 0.319 e. The molecule has 0 spiro atoms. The lowest BCUT2D eigenvalue weighted by molar-refractivity contribution is 0.241. The minimum Gasteiger partial charge on any atom is -0.331 e. The maximum atomic E-state index is 11.8. The van der Waals surface area contributed by atoms with Crippen molar-refractivity contribution in [1.82, 2.24) is 10.6 Å². The molecule has 2 N–H and O–H groups in total. The van der Waals surface area contributed by atoms with Crippen LogP contribution in [0.4, 0.5) is 4.79 Å². The van der Waals surface area contributed by atoms with E-state index in [2.05, 4.69) is 34.9 Å². The average molecular weight is 284 g/mol. The van der Waals surface area contributed by atoms with Crippen molar-refractivity contribution in [3.63, 3.8) is 0 Å². The highest BCUT2D eigenvalue weighted by Crippen LogP contribution is 2.29. The topological polar surface area (TPSA) is 41.1 Å². The number of carbonyl (C=O) groups is 1. The first-order valence-electron chi connectivity index (χ1n) is 8.08. The zero-order valence-corrected chi connectivity index (χ0v) is 12.7. The van der Waals surface area contributed by atoms with Crippen LogP contribution in [0.25, 0.3) is 0 Å². The number of hydrogen-bond donors (Lipinski definition) is 2. The third-order valence-electron chi connectivity index (χ3n) is 4.42. The van der Waals surface area contributed by atoms with Gasteiger partial charge in [0.1, 0.15) is 0 Å². The monoisotopic (exact) mass is 284 g/mol. The molecule has 2 aliphatic carbocycles. The minimum absolute atomic E-state index is 0.0338. The Hall–Kier alpha value is -1.77. The predicted molar refractivity (Wildman–Crippen MR) is 85.0 cm³/mol. The summed E-state index contributed by atoms with van der Waals surface area (Å²) in [6.45, 7) is 2.04. The Morgan fingerprint density at radius 2 is 2.00 bits per heavy atom. The van der Waals surface area contributed by atoms with Crippen LogP contribution in [0.2, 0.25) is 0 Å². The van der Waals surface area contributed by atoms with Crippen molar-refractivity contribution in [1.29, 1.82) is 0 Å². The summed E-state index contributed by atoms with van der Waals surface area (Å²) in [5.74, 6) is 0.684. The molecule has 0 heterocycles. The molecule has 1 aromatic carbocycles. The zero-order chi connectivity index (χ0) is 14.7. The lowest BCUT2D eigenvalue weighted by atomic mass is 9.89. The summed E-state index contributed by atoms with van der Waals surface area (Å²) < 4.78 is 0. The first-order chi connectivity index (χ1) is 10.2. The number of hydrogen-bond acceptors (Lipinski definition) is 1. The first kappa shape index (κ1) is 14.2. The van der Waals surface area contributed by atoms with Gasteiger partial charge in [-0.2, -0.15) is 0 Å². The molecular weight excluding hydrogens is 260 g/mol. The summed E-state index contributed by atoms with van der Waals surface area (Å²) >= 11 is 0. The predicted octanol–water partition coefficient (Wildman–Crippen LogP) is 3.85. The minimum atomic E-state index is -0.128. The van der Waals surface area contributed by atoms with Crippen molar-refractivity contribution < 1.29 is 4.79 Å². The Morgan fingerprint density at radius 1 is 1.24 bits per heavy atom. The van der Waals surface area contributed by atoms with Crippen molar-refractivity contribution in [2.45, 2.75) is 51.5 Å². The highest BCUT2D eigenvalue weighted by Gasteiger charge is 2.17. The van der Waals surface area contributed by atoms with Gasteiger partial charge in [-0.1, -0.05) is 24.3 Å². The van der Waals surface area contributed by atoms with E-state index in [1.165, 1.54) is 55.2 Å². The number of carbonyl (C=O) groups excluding carboxylic acids is 1. The van der Waals surface area contributed by atoms with Gasteiger partial charge < -0.3 is 10.6 Å². The number of benzene rings is 1. The lowest BCUT2D eigenvalue weighted by Crippen LogP contribution is -2.34. The van der Waals surface area contributed by atoms with E-state index in [-0.39, 0.29) is 12.1 Å². The van der Waals surface area contributed by atoms with E-state index in [4.69, 9.17) is 0 Å². The molecule has 3 rings (SSSR count). The molecule has 112 valence electrons. The fourth-order valence-corrected chi connectivity index (χ4v) is 2.89. The van der Waals surface area contributed by atoms with Crippen molar-refractivity contribution in [3.8, 4) is 0 Å². The number of urea groups is 1. The second-order valence-corrected chi connectivity index (χ2v) is 6.27. The Kier molecular flexibility index (Phi) is 4.28. The first-order valence-corrected chi connectivity index (χ1v) is 8.08. The molecule has 1 fully saturated rings. The lowest BCUT2D eigenvalue weighted by Gasteiger charge is -2.20. The summed E-state index contributed by atoms with van der Waals surface area (Å²) in [5.41, 5.74) is 4.13. The number of aryl methyl sites for hydroxylation is 2. The van der Waals surface area contributed by atoms with E-state index in [0.29, 0.717) is 5.92 Å². The standard InChI is InChI=1S/C18H24N2O/c1-13(20-18(21)19-11-10-14-6-7-14)16-9-8-15-4-2-3-5-17(15)12-16/h8-14H,2-7H2,1H3,(H2,19,20,21)/b11-10+. The van der Waals surface area contributed by atoms with Gasteiger partial charge in [0, 0.05) is 6.20 Å².